The quantitative estimate of drug-likeness (QED) is 0.719. The summed E-state index contributed by atoms with van der Waals surface area (Å²) in [5.41, 5.74) is 0.103. The lowest BCUT2D eigenvalue weighted by Gasteiger charge is -2.17. The second-order valence-electron chi connectivity index (χ2n) is 4.71. The molecule has 0 radical (unpaired) electrons. The lowest BCUT2D eigenvalue weighted by molar-refractivity contribution is -0.140. The van der Waals surface area contributed by atoms with Crippen LogP contribution in [-0.4, -0.2) is 37.6 Å². The van der Waals surface area contributed by atoms with Crippen LogP contribution in [0.1, 0.15) is 24.2 Å². The van der Waals surface area contributed by atoms with E-state index in [1.54, 1.807) is 13.8 Å². The van der Waals surface area contributed by atoms with Crippen LogP contribution in [0, 0.1) is 5.92 Å². The molecular formula is C12H14N4O4. The summed E-state index contributed by atoms with van der Waals surface area (Å²) in [5, 5.41) is 17.4. The van der Waals surface area contributed by atoms with Gasteiger partial charge in [-0.1, -0.05) is 13.8 Å². The van der Waals surface area contributed by atoms with Gasteiger partial charge in [-0.3, -0.25) is 4.79 Å². The van der Waals surface area contributed by atoms with E-state index in [0.29, 0.717) is 5.65 Å². The van der Waals surface area contributed by atoms with Crippen molar-refractivity contribution in [1.29, 1.82) is 0 Å². The number of fused-ring (bicyclic) bond motifs is 1. The van der Waals surface area contributed by atoms with Gasteiger partial charge in [0, 0.05) is 6.20 Å². The van der Waals surface area contributed by atoms with E-state index in [1.165, 1.54) is 22.7 Å². The van der Waals surface area contributed by atoms with Gasteiger partial charge < -0.3 is 10.4 Å². The van der Waals surface area contributed by atoms with Gasteiger partial charge in [0.1, 0.15) is 6.04 Å². The molecule has 0 saturated heterocycles. The Kier molecular flexibility index (Phi) is 3.55. The summed E-state index contributed by atoms with van der Waals surface area (Å²) in [4.78, 5) is 34.5. The Morgan fingerprint density at radius 3 is 2.70 bits per heavy atom. The van der Waals surface area contributed by atoms with Crippen molar-refractivity contribution in [3.63, 3.8) is 0 Å². The normalized spacial score (nSPS) is 12.6. The second kappa shape index (κ2) is 5.16. The van der Waals surface area contributed by atoms with E-state index in [1.807, 2.05) is 0 Å². The first-order valence-electron chi connectivity index (χ1n) is 6.00. The zero-order chi connectivity index (χ0) is 14.9. The molecule has 20 heavy (non-hydrogen) atoms. The highest BCUT2D eigenvalue weighted by molar-refractivity contribution is 5.96. The fourth-order valence-electron chi connectivity index (χ4n) is 1.78. The van der Waals surface area contributed by atoms with Crippen LogP contribution < -0.4 is 11.0 Å². The smallest absolute Gasteiger partial charge is 0.347 e. The van der Waals surface area contributed by atoms with Gasteiger partial charge in [0.05, 0.1) is 5.56 Å². The monoisotopic (exact) mass is 278 g/mol. The van der Waals surface area contributed by atoms with Crippen LogP contribution >= 0.6 is 0 Å². The van der Waals surface area contributed by atoms with Crippen molar-refractivity contribution in [3.8, 4) is 0 Å². The van der Waals surface area contributed by atoms with Crippen LogP contribution in [0.5, 0.6) is 0 Å². The van der Waals surface area contributed by atoms with E-state index >= 15 is 0 Å². The summed E-state index contributed by atoms with van der Waals surface area (Å²) in [5.74, 6) is -1.91. The number of aromatic amines is 1. The van der Waals surface area contributed by atoms with Gasteiger partial charge in [-0.2, -0.15) is 5.10 Å². The number of rotatable bonds is 4. The molecule has 0 spiro atoms. The number of aliphatic carboxylic acids is 1. The lowest BCUT2D eigenvalue weighted by Crippen LogP contribution is -2.44. The molecule has 2 aromatic rings. The van der Waals surface area contributed by atoms with Gasteiger partial charge in [0.2, 0.25) is 0 Å². The topological polar surface area (TPSA) is 117 Å². The summed E-state index contributed by atoms with van der Waals surface area (Å²) in [6, 6.07) is 1.99. The third kappa shape index (κ3) is 2.53. The van der Waals surface area contributed by atoms with Gasteiger partial charge in [-0.25, -0.2) is 19.1 Å². The average molecular weight is 278 g/mol. The van der Waals surface area contributed by atoms with Crippen LogP contribution in [0.4, 0.5) is 0 Å². The number of nitrogens with zero attached hydrogens (tertiary/aromatic N) is 2. The average Bonchev–Trinajstić information content (AvgIpc) is 2.76. The van der Waals surface area contributed by atoms with Crippen molar-refractivity contribution >= 4 is 17.5 Å². The molecule has 0 saturated carbocycles. The summed E-state index contributed by atoms with van der Waals surface area (Å²) in [7, 11) is 0. The number of carboxylic acid groups (broad SMARTS) is 1. The molecule has 1 amide bonds. The van der Waals surface area contributed by atoms with Crippen LogP contribution in [0.3, 0.4) is 0 Å². The predicted octanol–water partition coefficient (Wildman–Crippen LogP) is -0.138. The Morgan fingerprint density at radius 2 is 2.10 bits per heavy atom. The molecule has 1 atom stereocenters. The standard InChI is InChI=1S/C12H14N4O4/c1-6(2)9(11(18)19)13-10(17)7-3-4-8-14-15-12(20)16(8)5-7/h3-6,9H,1-2H3,(H,13,17)(H,15,20)(H,18,19)/t9-/m0/s1. The predicted molar refractivity (Wildman–Crippen MR) is 69.5 cm³/mol. The molecule has 0 aliphatic carbocycles. The molecule has 8 nitrogen and oxygen atoms in total. The fourth-order valence-corrected chi connectivity index (χ4v) is 1.78. The van der Waals surface area contributed by atoms with Crippen molar-refractivity contribution in [2.75, 3.05) is 0 Å². The maximum atomic E-state index is 12.0. The number of aromatic nitrogens is 3. The third-order valence-corrected chi connectivity index (χ3v) is 2.89. The fraction of sp³-hybridized carbons (Fsp3) is 0.333. The highest BCUT2D eigenvalue weighted by Crippen LogP contribution is 2.06. The van der Waals surface area contributed by atoms with Gasteiger partial charge in [0.15, 0.2) is 5.65 Å². The highest BCUT2D eigenvalue weighted by Gasteiger charge is 2.24. The van der Waals surface area contributed by atoms with Gasteiger partial charge in [-0.05, 0) is 18.1 Å². The Morgan fingerprint density at radius 1 is 1.40 bits per heavy atom. The van der Waals surface area contributed by atoms with Crippen molar-refractivity contribution < 1.29 is 14.7 Å². The van der Waals surface area contributed by atoms with E-state index in [4.69, 9.17) is 5.11 Å². The van der Waals surface area contributed by atoms with Gasteiger partial charge >= 0.3 is 11.7 Å². The second-order valence-corrected chi connectivity index (χ2v) is 4.71. The van der Waals surface area contributed by atoms with Crippen molar-refractivity contribution in [2.24, 2.45) is 5.92 Å². The number of pyridine rings is 1. The largest absolute Gasteiger partial charge is 0.480 e. The number of carbonyl (C=O) groups excluding carboxylic acids is 1. The van der Waals surface area contributed by atoms with Gasteiger partial charge in [0.25, 0.3) is 5.91 Å². The molecule has 2 heterocycles. The minimum absolute atomic E-state index is 0.188. The Labute approximate surface area is 113 Å². The molecule has 3 N–H and O–H groups in total. The summed E-state index contributed by atoms with van der Waals surface area (Å²) >= 11 is 0. The van der Waals surface area contributed by atoms with E-state index in [9.17, 15) is 14.4 Å². The lowest BCUT2D eigenvalue weighted by atomic mass is 10.0. The van der Waals surface area contributed by atoms with Crippen LogP contribution in [0.2, 0.25) is 0 Å². The summed E-state index contributed by atoms with van der Waals surface area (Å²) in [6.45, 7) is 3.39. The van der Waals surface area contributed by atoms with Crippen molar-refractivity contribution in [1.82, 2.24) is 19.9 Å². The molecular weight excluding hydrogens is 264 g/mol. The van der Waals surface area contributed by atoms with Crippen LogP contribution in [-0.2, 0) is 4.79 Å². The molecule has 2 aromatic heterocycles. The number of H-pyrrole nitrogens is 1. The molecule has 0 unspecified atom stereocenters. The number of carbonyl (C=O) groups is 2. The van der Waals surface area contributed by atoms with Crippen molar-refractivity contribution in [2.45, 2.75) is 19.9 Å². The first-order valence-corrected chi connectivity index (χ1v) is 6.00. The zero-order valence-electron chi connectivity index (χ0n) is 11.0. The SMILES string of the molecule is CC(C)[C@H](NC(=O)c1ccc2n[nH]c(=O)n2c1)C(=O)O. The number of amides is 1. The number of carboxylic acids is 1. The van der Waals surface area contributed by atoms with Crippen LogP contribution in [0.25, 0.3) is 5.65 Å². The number of nitrogens with one attached hydrogen (secondary N) is 2. The van der Waals surface area contributed by atoms with Crippen molar-refractivity contribution in [3.05, 3.63) is 34.4 Å². The number of hydrogen-bond acceptors (Lipinski definition) is 4. The molecule has 0 bridgehead atoms. The maximum absolute atomic E-state index is 12.0. The van der Waals surface area contributed by atoms with E-state index in [-0.39, 0.29) is 11.5 Å². The van der Waals surface area contributed by atoms with E-state index in [2.05, 4.69) is 15.5 Å². The molecule has 0 aromatic carbocycles. The third-order valence-electron chi connectivity index (χ3n) is 2.89. The van der Waals surface area contributed by atoms with E-state index in [0.717, 1.165) is 0 Å². The Bertz CT molecular complexity index is 716. The minimum Gasteiger partial charge on any atom is -0.480 e. The number of hydrogen-bond donors (Lipinski definition) is 3. The minimum atomic E-state index is -1.10. The molecule has 8 heteroatoms. The van der Waals surface area contributed by atoms with Crippen LogP contribution in [0.15, 0.2) is 23.1 Å². The van der Waals surface area contributed by atoms with Gasteiger partial charge in [-0.15, -0.1) is 0 Å². The molecule has 106 valence electrons. The molecule has 2 rings (SSSR count). The Balaban J connectivity index is 2.29. The molecule has 0 aliphatic heterocycles. The first-order chi connectivity index (χ1) is 9.40. The van der Waals surface area contributed by atoms with E-state index < -0.39 is 23.6 Å². The molecule has 0 fully saturated rings. The zero-order valence-corrected chi connectivity index (χ0v) is 11.0. The Hall–Kier alpha value is -2.64. The summed E-state index contributed by atoms with van der Waals surface area (Å²) in [6.07, 6.45) is 1.32. The first kappa shape index (κ1) is 13.8. The molecule has 0 aliphatic rings. The summed E-state index contributed by atoms with van der Waals surface area (Å²) < 4.78 is 1.18. The maximum Gasteiger partial charge on any atom is 0.347 e. The highest BCUT2D eigenvalue weighted by atomic mass is 16.4.